The van der Waals surface area contributed by atoms with Crippen LogP contribution in [-0.2, 0) is 0 Å². The number of aromatic amines is 1. The first-order chi connectivity index (χ1) is 7.61. The number of H-pyrrole nitrogens is 1. The highest BCUT2D eigenvalue weighted by molar-refractivity contribution is 6.32. The Balaban J connectivity index is 2.41. The van der Waals surface area contributed by atoms with Crippen LogP contribution in [0.3, 0.4) is 0 Å². The van der Waals surface area contributed by atoms with Crippen LogP contribution >= 0.6 is 11.6 Å². The summed E-state index contributed by atoms with van der Waals surface area (Å²) in [6, 6.07) is 0.770. The number of piperidine rings is 1. The van der Waals surface area contributed by atoms with Crippen LogP contribution in [0.25, 0.3) is 0 Å². The van der Waals surface area contributed by atoms with Crippen LogP contribution in [-0.4, -0.2) is 22.1 Å². The summed E-state index contributed by atoms with van der Waals surface area (Å²) in [7, 11) is 0. The minimum atomic E-state index is -0.267. The number of rotatable bonds is 1. The van der Waals surface area contributed by atoms with Gasteiger partial charge in [-0.15, -0.1) is 0 Å². The van der Waals surface area contributed by atoms with Gasteiger partial charge in [-0.25, -0.2) is 4.98 Å². The maximum Gasteiger partial charge on any atom is 0.271 e. The fraction of sp³-hybridized carbons (Fsp3) is 0.636. The Morgan fingerprint density at radius 1 is 1.44 bits per heavy atom. The van der Waals surface area contributed by atoms with Gasteiger partial charge in [0.15, 0.2) is 5.82 Å². The number of nitrogens with one attached hydrogen (secondary N) is 1. The molecule has 1 fully saturated rings. The second-order valence-corrected chi connectivity index (χ2v) is 4.78. The molecule has 2 heterocycles. The first-order valence-electron chi connectivity index (χ1n) is 5.62. The van der Waals surface area contributed by atoms with Crippen molar-refractivity contribution in [3.8, 4) is 0 Å². The van der Waals surface area contributed by atoms with Crippen LogP contribution in [0.5, 0.6) is 0 Å². The largest absolute Gasteiger partial charge is 0.350 e. The van der Waals surface area contributed by atoms with Gasteiger partial charge in [0.1, 0.15) is 5.02 Å². The highest BCUT2D eigenvalue weighted by Gasteiger charge is 2.27. The Kier molecular flexibility index (Phi) is 3.19. The van der Waals surface area contributed by atoms with Gasteiger partial charge in [-0.3, -0.25) is 4.79 Å². The van der Waals surface area contributed by atoms with E-state index in [-0.39, 0.29) is 10.6 Å². The molecule has 1 aromatic rings. The molecule has 1 aromatic heterocycles. The van der Waals surface area contributed by atoms with E-state index in [1.165, 1.54) is 12.7 Å². The monoisotopic (exact) mass is 241 g/mol. The molecule has 0 radical (unpaired) electrons. The molecule has 0 spiro atoms. The molecule has 1 aliphatic heterocycles. The van der Waals surface area contributed by atoms with Crippen LogP contribution < -0.4 is 10.5 Å². The van der Waals surface area contributed by atoms with E-state index in [2.05, 4.69) is 28.7 Å². The molecule has 1 saturated heterocycles. The molecule has 2 unspecified atom stereocenters. The fourth-order valence-electron chi connectivity index (χ4n) is 2.39. The average molecular weight is 242 g/mol. The first-order valence-corrected chi connectivity index (χ1v) is 6.00. The Bertz CT molecular complexity index is 421. The molecule has 0 bridgehead atoms. The number of hydrogen-bond acceptors (Lipinski definition) is 3. The lowest BCUT2D eigenvalue weighted by Crippen LogP contribution is -2.45. The molecule has 0 saturated carbocycles. The summed E-state index contributed by atoms with van der Waals surface area (Å²) in [5.41, 5.74) is -0.267. The van der Waals surface area contributed by atoms with E-state index in [1.54, 1.807) is 0 Å². The third-order valence-corrected chi connectivity index (χ3v) is 3.56. The summed E-state index contributed by atoms with van der Waals surface area (Å²) in [5.74, 6) is 0.616. The Hall–Kier alpha value is -1.03. The molecule has 4 nitrogen and oxygen atoms in total. The molecule has 0 aromatic carbocycles. The van der Waals surface area contributed by atoms with Gasteiger partial charge >= 0.3 is 0 Å². The summed E-state index contributed by atoms with van der Waals surface area (Å²) in [5, 5.41) is 0.197. The lowest BCUT2D eigenvalue weighted by molar-refractivity contribution is 0.411. The van der Waals surface area contributed by atoms with Crippen molar-refractivity contribution >= 4 is 17.4 Å². The van der Waals surface area contributed by atoms with Crippen molar-refractivity contribution in [2.75, 3.05) is 4.90 Å². The van der Waals surface area contributed by atoms with E-state index >= 15 is 0 Å². The highest BCUT2D eigenvalue weighted by atomic mass is 35.5. The van der Waals surface area contributed by atoms with Gasteiger partial charge in [-0.1, -0.05) is 11.6 Å². The topological polar surface area (TPSA) is 49.0 Å². The predicted octanol–water partition coefficient (Wildman–Crippen LogP) is 2.19. The average Bonchev–Trinajstić information content (AvgIpc) is 2.24. The van der Waals surface area contributed by atoms with E-state index < -0.39 is 0 Å². The van der Waals surface area contributed by atoms with Crippen LogP contribution in [0.15, 0.2) is 11.1 Å². The molecule has 2 atom stereocenters. The number of anilines is 1. The standard InChI is InChI=1S/C11H16ClN3O/c1-7-4-3-5-8(2)15(7)10-9(12)11(16)14-6-13-10/h6-8H,3-5H2,1-2H3,(H,13,14,16). The normalized spacial score (nSPS) is 25.8. The smallest absolute Gasteiger partial charge is 0.271 e. The number of halogens is 1. The zero-order chi connectivity index (χ0) is 11.7. The minimum absolute atomic E-state index is 0.197. The van der Waals surface area contributed by atoms with Crippen molar-refractivity contribution in [3.05, 3.63) is 21.7 Å². The number of hydrogen-bond donors (Lipinski definition) is 1. The first kappa shape index (κ1) is 11.5. The predicted molar refractivity (Wildman–Crippen MR) is 65.1 cm³/mol. The van der Waals surface area contributed by atoms with E-state index in [0.717, 1.165) is 12.8 Å². The summed E-state index contributed by atoms with van der Waals surface area (Å²) < 4.78 is 0. The Morgan fingerprint density at radius 2 is 2.06 bits per heavy atom. The van der Waals surface area contributed by atoms with E-state index in [9.17, 15) is 4.79 Å². The van der Waals surface area contributed by atoms with Crippen molar-refractivity contribution in [3.63, 3.8) is 0 Å². The molecule has 5 heteroatoms. The van der Waals surface area contributed by atoms with Crippen molar-refractivity contribution in [2.24, 2.45) is 0 Å². The highest BCUT2D eigenvalue weighted by Crippen LogP contribution is 2.30. The van der Waals surface area contributed by atoms with Crippen molar-refractivity contribution in [2.45, 2.75) is 45.2 Å². The molecular formula is C11H16ClN3O. The van der Waals surface area contributed by atoms with Crippen LogP contribution in [0.1, 0.15) is 33.1 Å². The number of nitrogens with zero attached hydrogens (tertiary/aromatic N) is 2. The van der Waals surface area contributed by atoms with Gasteiger partial charge in [0.05, 0.1) is 6.33 Å². The van der Waals surface area contributed by atoms with Crippen LogP contribution in [0.4, 0.5) is 5.82 Å². The molecule has 88 valence electrons. The third kappa shape index (κ3) is 1.94. The zero-order valence-electron chi connectivity index (χ0n) is 9.53. The van der Waals surface area contributed by atoms with Crippen LogP contribution in [0, 0.1) is 0 Å². The van der Waals surface area contributed by atoms with Gasteiger partial charge in [-0.05, 0) is 33.1 Å². The fourth-order valence-corrected chi connectivity index (χ4v) is 2.59. The number of aromatic nitrogens is 2. The maximum absolute atomic E-state index is 11.4. The Labute approximate surface area is 99.6 Å². The second kappa shape index (κ2) is 4.45. The quantitative estimate of drug-likeness (QED) is 0.820. The molecule has 0 amide bonds. The lowest BCUT2D eigenvalue weighted by Gasteiger charge is -2.40. The molecule has 16 heavy (non-hydrogen) atoms. The van der Waals surface area contributed by atoms with Gasteiger partial charge < -0.3 is 9.88 Å². The molecule has 0 aliphatic carbocycles. The van der Waals surface area contributed by atoms with Gasteiger partial charge in [0.25, 0.3) is 5.56 Å². The SMILES string of the molecule is CC1CCCC(C)N1c1nc[nH]c(=O)c1Cl. The van der Waals surface area contributed by atoms with Gasteiger partial charge in [0, 0.05) is 12.1 Å². The molecule has 2 rings (SSSR count). The van der Waals surface area contributed by atoms with E-state index in [1.807, 2.05) is 0 Å². The third-order valence-electron chi connectivity index (χ3n) is 3.22. The summed E-state index contributed by atoms with van der Waals surface area (Å²) in [6.07, 6.45) is 4.88. The van der Waals surface area contributed by atoms with E-state index in [0.29, 0.717) is 17.9 Å². The molecular weight excluding hydrogens is 226 g/mol. The molecule has 1 aliphatic rings. The van der Waals surface area contributed by atoms with E-state index in [4.69, 9.17) is 11.6 Å². The van der Waals surface area contributed by atoms with Crippen molar-refractivity contribution in [1.29, 1.82) is 0 Å². The van der Waals surface area contributed by atoms with Crippen molar-refractivity contribution < 1.29 is 0 Å². The van der Waals surface area contributed by atoms with Crippen molar-refractivity contribution in [1.82, 2.24) is 9.97 Å². The Morgan fingerprint density at radius 3 is 2.69 bits per heavy atom. The summed E-state index contributed by atoms with van der Waals surface area (Å²) in [6.45, 7) is 4.30. The lowest BCUT2D eigenvalue weighted by atomic mass is 9.97. The minimum Gasteiger partial charge on any atom is -0.350 e. The summed E-state index contributed by atoms with van der Waals surface area (Å²) in [4.78, 5) is 20.3. The van der Waals surface area contributed by atoms with Gasteiger partial charge in [-0.2, -0.15) is 0 Å². The van der Waals surface area contributed by atoms with Gasteiger partial charge in [0.2, 0.25) is 0 Å². The maximum atomic E-state index is 11.4. The second-order valence-electron chi connectivity index (χ2n) is 4.41. The molecule has 1 N–H and O–H groups in total. The van der Waals surface area contributed by atoms with Crippen LogP contribution in [0.2, 0.25) is 5.02 Å². The summed E-state index contributed by atoms with van der Waals surface area (Å²) >= 11 is 6.01. The zero-order valence-corrected chi connectivity index (χ0v) is 10.3.